The van der Waals surface area contributed by atoms with Gasteiger partial charge in [0.05, 0.1) is 5.56 Å². The maximum absolute atomic E-state index is 13.5. The second-order valence-electron chi connectivity index (χ2n) is 8.73. The number of aryl methyl sites for hydroxylation is 1. The number of amides is 1. The number of nitrogens with zero attached hydrogens (tertiary/aromatic N) is 3. The number of phenolic OH excluding ortho intramolecular Hbond substituents is 1. The summed E-state index contributed by atoms with van der Waals surface area (Å²) in [5.74, 6) is 0.450. The molecule has 0 bridgehead atoms. The van der Waals surface area contributed by atoms with Crippen LogP contribution in [0.4, 0.5) is 4.39 Å². The molecule has 0 aliphatic rings. The third-order valence-electron chi connectivity index (χ3n) is 5.85. The highest BCUT2D eigenvalue weighted by Gasteiger charge is 2.16. The lowest BCUT2D eigenvalue weighted by Gasteiger charge is -2.13. The van der Waals surface area contributed by atoms with Gasteiger partial charge in [0.15, 0.2) is 0 Å². The largest absolute Gasteiger partial charge is 0.507 e. The molecular formula is C28H29FN4O2S. The second-order valence-corrected chi connectivity index (χ2v) is 9.71. The van der Waals surface area contributed by atoms with E-state index in [1.54, 1.807) is 48.3 Å². The smallest absolute Gasteiger partial charge is 0.255 e. The summed E-state index contributed by atoms with van der Waals surface area (Å²) in [7, 11) is 0. The average Bonchev–Trinajstić information content (AvgIpc) is 3.31. The van der Waals surface area contributed by atoms with E-state index < -0.39 is 0 Å². The Balaban J connectivity index is 1.50. The van der Waals surface area contributed by atoms with E-state index in [2.05, 4.69) is 16.6 Å². The topological polar surface area (TPSA) is 80.0 Å². The van der Waals surface area contributed by atoms with Crippen molar-refractivity contribution in [2.45, 2.75) is 19.9 Å². The van der Waals surface area contributed by atoms with Gasteiger partial charge in [0, 0.05) is 48.1 Å². The number of thioether (sulfide) groups is 1. The van der Waals surface area contributed by atoms with Gasteiger partial charge in [-0.25, -0.2) is 4.39 Å². The minimum absolute atomic E-state index is 0.0351. The van der Waals surface area contributed by atoms with Gasteiger partial charge in [-0.05, 0) is 72.7 Å². The van der Waals surface area contributed by atoms with Crippen LogP contribution in [0.3, 0.4) is 0 Å². The molecule has 0 aliphatic carbocycles. The molecule has 0 fully saturated rings. The summed E-state index contributed by atoms with van der Waals surface area (Å²) >= 11 is 1.76. The van der Waals surface area contributed by atoms with Crippen LogP contribution >= 0.6 is 11.8 Å². The summed E-state index contributed by atoms with van der Waals surface area (Å²) < 4.78 is 15.5. The zero-order valence-electron chi connectivity index (χ0n) is 20.3. The lowest BCUT2D eigenvalue weighted by Crippen LogP contribution is -2.29. The van der Waals surface area contributed by atoms with E-state index in [4.69, 9.17) is 5.10 Å². The van der Waals surface area contributed by atoms with Gasteiger partial charge < -0.3 is 10.4 Å². The average molecular weight is 505 g/mol. The van der Waals surface area contributed by atoms with Gasteiger partial charge in [-0.2, -0.15) is 16.9 Å². The number of para-hydroxylation sites is 1. The number of aromatic hydroxyl groups is 1. The molecule has 2 N–H and O–H groups in total. The van der Waals surface area contributed by atoms with E-state index >= 15 is 0 Å². The number of benzene rings is 2. The number of carbonyl (C=O) groups excluding carboxylic acids is 1. The zero-order chi connectivity index (χ0) is 25.5. The lowest BCUT2D eigenvalue weighted by atomic mass is 9.99. The molecule has 8 heteroatoms. The number of halogens is 1. The Hall–Kier alpha value is -3.65. The Labute approximate surface area is 214 Å². The molecule has 0 spiro atoms. The molecular weight excluding hydrogens is 475 g/mol. The Morgan fingerprint density at radius 2 is 1.92 bits per heavy atom. The van der Waals surface area contributed by atoms with Crippen LogP contribution in [0.2, 0.25) is 0 Å². The molecule has 1 unspecified atom stereocenters. The molecule has 2 heterocycles. The summed E-state index contributed by atoms with van der Waals surface area (Å²) in [6.45, 7) is 3.28. The monoisotopic (exact) mass is 504 g/mol. The van der Waals surface area contributed by atoms with Gasteiger partial charge in [0.2, 0.25) is 0 Å². The van der Waals surface area contributed by atoms with Crippen LogP contribution < -0.4 is 5.32 Å². The molecule has 6 nitrogen and oxygen atoms in total. The first-order chi connectivity index (χ1) is 17.4. The molecule has 0 radical (unpaired) electrons. The quantitative estimate of drug-likeness (QED) is 0.301. The number of phenols is 1. The van der Waals surface area contributed by atoms with Crippen molar-refractivity contribution in [1.29, 1.82) is 0 Å². The SMILES string of the molecule is CSCCn1cc(-c2ccnc(CC(C)CNC(=O)c3ccccc3O)c2)c(-c2ccc(F)cc2)n1. The Morgan fingerprint density at radius 1 is 1.14 bits per heavy atom. The molecule has 186 valence electrons. The van der Waals surface area contributed by atoms with Crippen molar-refractivity contribution in [3.63, 3.8) is 0 Å². The Bertz CT molecular complexity index is 1320. The molecule has 0 saturated carbocycles. The van der Waals surface area contributed by atoms with Crippen LogP contribution in [0.25, 0.3) is 22.4 Å². The first kappa shape index (κ1) is 25.4. The fraction of sp³-hybridized carbons (Fsp3) is 0.250. The fourth-order valence-electron chi connectivity index (χ4n) is 3.97. The van der Waals surface area contributed by atoms with Crippen molar-refractivity contribution in [2.24, 2.45) is 5.92 Å². The van der Waals surface area contributed by atoms with Crippen LogP contribution in [0.5, 0.6) is 5.75 Å². The van der Waals surface area contributed by atoms with E-state index in [0.29, 0.717) is 13.0 Å². The zero-order valence-corrected chi connectivity index (χ0v) is 21.1. The van der Waals surface area contributed by atoms with E-state index in [-0.39, 0.29) is 29.0 Å². The number of hydrogen-bond donors (Lipinski definition) is 2. The maximum atomic E-state index is 13.5. The summed E-state index contributed by atoms with van der Waals surface area (Å²) in [6.07, 6.45) is 6.55. The van der Waals surface area contributed by atoms with E-state index in [1.807, 2.05) is 29.9 Å². The number of nitrogens with one attached hydrogen (secondary N) is 1. The number of carbonyl (C=O) groups is 1. The van der Waals surface area contributed by atoms with Crippen molar-refractivity contribution in [3.05, 3.63) is 90.1 Å². The van der Waals surface area contributed by atoms with Crippen molar-refractivity contribution in [2.75, 3.05) is 18.6 Å². The molecule has 1 amide bonds. The highest BCUT2D eigenvalue weighted by molar-refractivity contribution is 7.98. The maximum Gasteiger partial charge on any atom is 0.255 e. The van der Waals surface area contributed by atoms with Crippen molar-refractivity contribution >= 4 is 17.7 Å². The number of pyridine rings is 1. The van der Waals surface area contributed by atoms with Crippen LogP contribution in [0.15, 0.2) is 73.1 Å². The van der Waals surface area contributed by atoms with Crippen LogP contribution in [0.1, 0.15) is 23.0 Å². The van der Waals surface area contributed by atoms with E-state index in [0.717, 1.165) is 40.4 Å². The fourth-order valence-corrected chi connectivity index (χ4v) is 4.34. The lowest BCUT2D eigenvalue weighted by molar-refractivity contribution is 0.0945. The van der Waals surface area contributed by atoms with Crippen molar-refractivity contribution < 1.29 is 14.3 Å². The first-order valence-electron chi connectivity index (χ1n) is 11.8. The number of rotatable bonds is 10. The molecule has 0 aliphatic heterocycles. The standard InChI is InChI=1S/C28H29FN4O2S/c1-19(17-31-28(35)24-5-3-4-6-26(24)34)15-23-16-21(11-12-30-23)25-18-33(13-14-36-2)32-27(25)20-7-9-22(29)10-8-20/h3-12,16,18-19,34H,13-15,17H2,1-2H3,(H,31,35). The predicted molar refractivity (Wildman–Crippen MR) is 143 cm³/mol. The molecule has 36 heavy (non-hydrogen) atoms. The number of aromatic nitrogens is 3. The van der Waals surface area contributed by atoms with Gasteiger partial charge >= 0.3 is 0 Å². The third-order valence-corrected chi connectivity index (χ3v) is 6.44. The third kappa shape index (κ3) is 6.31. The Morgan fingerprint density at radius 3 is 2.67 bits per heavy atom. The van der Waals surface area contributed by atoms with Gasteiger partial charge in [0.25, 0.3) is 5.91 Å². The highest BCUT2D eigenvalue weighted by atomic mass is 32.2. The van der Waals surface area contributed by atoms with Gasteiger partial charge in [-0.3, -0.25) is 14.5 Å². The molecule has 1 atom stereocenters. The van der Waals surface area contributed by atoms with Gasteiger partial charge in [0.1, 0.15) is 17.3 Å². The predicted octanol–water partition coefficient (Wildman–Crippen LogP) is 5.43. The second kappa shape index (κ2) is 11.9. The molecule has 4 aromatic rings. The van der Waals surface area contributed by atoms with E-state index in [1.165, 1.54) is 18.2 Å². The van der Waals surface area contributed by atoms with E-state index in [9.17, 15) is 14.3 Å². The molecule has 2 aromatic carbocycles. The van der Waals surface area contributed by atoms with Crippen molar-refractivity contribution in [1.82, 2.24) is 20.1 Å². The van der Waals surface area contributed by atoms with Gasteiger partial charge in [-0.15, -0.1) is 0 Å². The first-order valence-corrected chi connectivity index (χ1v) is 13.2. The molecule has 2 aromatic heterocycles. The summed E-state index contributed by atoms with van der Waals surface area (Å²) in [5, 5.41) is 17.6. The highest BCUT2D eigenvalue weighted by Crippen LogP contribution is 2.31. The molecule has 4 rings (SSSR count). The van der Waals surface area contributed by atoms with Crippen LogP contribution in [-0.2, 0) is 13.0 Å². The summed E-state index contributed by atoms with van der Waals surface area (Å²) in [6, 6.07) is 16.9. The minimum Gasteiger partial charge on any atom is -0.507 e. The summed E-state index contributed by atoms with van der Waals surface area (Å²) in [5.41, 5.74) is 4.77. The Kier molecular flexibility index (Phi) is 8.38. The number of hydrogen-bond acceptors (Lipinski definition) is 5. The van der Waals surface area contributed by atoms with Crippen LogP contribution in [-0.4, -0.2) is 44.3 Å². The van der Waals surface area contributed by atoms with Crippen molar-refractivity contribution in [3.8, 4) is 28.1 Å². The van der Waals surface area contributed by atoms with Crippen LogP contribution in [0, 0.1) is 11.7 Å². The minimum atomic E-state index is -0.303. The molecule has 0 saturated heterocycles. The van der Waals surface area contributed by atoms with Gasteiger partial charge in [-0.1, -0.05) is 19.1 Å². The normalized spacial score (nSPS) is 11.9. The summed E-state index contributed by atoms with van der Waals surface area (Å²) in [4.78, 5) is 17.0.